The summed E-state index contributed by atoms with van der Waals surface area (Å²) < 4.78 is 4.70. The molecule has 0 heterocycles. The summed E-state index contributed by atoms with van der Waals surface area (Å²) in [5, 5.41) is 0. The molecule has 0 aliphatic heterocycles. The first kappa shape index (κ1) is 13.0. The van der Waals surface area contributed by atoms with Crippen molar-refractivity contribution in [1.29, 1.82) is 0 Å². The molecule has 68 valence electrons. The van der Waals surface area contributed by atoms with Crippen LogP contribution in [0.15, 0.2) is 0 Å². The van der Waals surface area contributed by atoms with E-state index in [2.05, 4.69) is 16.7 Å². The van der Waals surface area contributed by atoms with Crippen molar-refractivity contribution in [3.8, 4) is 0 Å². The minimum atomic E-state index is -0.105. The Hall–Kier alpha value is -0.650. The van der Waals surface area contributed by atoms with Gasteiger partial charge in [-0.05, 0) is 6.42 Å². The van der Waals surface area contributed by atoms with Crippen molar-refractivity contribution in [2.45, 2.75) is 26.7 Å². The Morgan fingerprint density at radius 1 is 1.36 bits per heavy atom. The van der Waals surface area contributed by atoms with Crippen molar-refractivity contribution < 1.29 is 14.5 Å². The van der Waals surface area contributed by atoms with Crippen molar-refractivity contribution in [2.24, 2.45) is 11.8 Å². The molecule has 0 aliphatic rings. The van der Waals surface area contributed by atoms with Gasteiger partial charge in [0.05, 0.1) is 6.61 Å². The summed E-state index contributed by atoms with van der Waals surface area (Å²) >= 11 is 0. The van der Waals surface area contributed by atoms with E-state index in [9.17, 15) is 4.79 Å². The standard InChI is InChI=1S/C6H12O2.H4N2O/c1-3-5-8-6(7)4-2;1-3-2/h3-5H2,1-2H3;1-2H2. The number of nitrogens with two attached hydrogens (primary N) is 2. The third-order valence-electron chi connectivity index (χ3n) is 0.756. The first-order valence-electron chi connectivity index (χ1n) is 3.44. The van der Waals surface area contributed by atoms with E-state index in [1.807, 2.05) is 6.92 Å². The number of rotatable bonds is 3. The van der Waals surface area contributed by atoms with Crippen molar-refractivity contribution in [3.05, 3.63) is 0 Å². The predicted molar refractivity (Wildman–Crippen MR) is 41.0 cm³/mol. The smallest absolute Gasteiger partial charge is 0.305 e. The van der Waals surface area contributed by atoms with Crippen LogP contribution in [-0.2, 0) is 14.5 Å². The van der Waals surface area contributed by atoms with Crippen molar-refractivity contribution in [3.63, 3.8) is 0 Å². The topological polar surface area (TPSA) is 87.6 Å². The van der Waals surface area contributed by atoms with E-state index in [-0.39, 0.29) is 5.97 Å². The Morgan fingerprint density at radius 2 is 1.82 bits per heavy atom. The lowest BCUT2D eigenvalue weighted by Gasteiger charge is -1.97. The maximum absolute atomic E-state index is 10.3. The second-order valence-corrected chi connectivity index (χ2v) is 1.71. The van der Waals surface area contributed by atoms with Crippen LogP contribution in [0, 0.1) is 0 Å². The molecule has 0 aromatic heterocycles. The highest BCUT2D eigenvalue weighted by atomic mass is 16.7. The number of carbonyl (C=O) groups is 1. The highest BCUT2D eigenvalue weighted by Gasteiger charge is 1.93. The van der Waals surface area contributed by atoms with Crippen LogP contribution in [0.3, 0.4) is 0 Å². The zero-order valence-corrected chi connectivity index (χ0v) is 7.00. The van der Waals surface area contributed by atoms with Crippen LogP contribution in [0.2, 0.25) is 0 Å². The fourth-order valence-electron chi connectivity index (χ4n) is 0.318. The molecule has 0 saturated heterocycles. The van der Waals surface area contributed by atoms with Crippen LogP contribution in [0.1, 0.15) is 26.7 Å². The second kappa shape index (κ2) is 12.1. The molecule has 0 bridgehead atoms. The van der Waals surface area contributed by atoms with Gasteiger partial charge < -0.3 is 4.74 Å². The van der Waals surface area contributed by atoms with Crippen molar-refractivity contribution >= 4 is 5.97 Å². The maximum atomic E-state index is 10.3. The molecule has 0 aromatic carbocycles. The fourth-order valence-corrected chi connectivity index (χ4v) is 0.318. The largest absolute Gasteiger partial charge is 0.466 e. The van der Waals surface area contributed by atoms with E-state index in [4.69, 9.17) is 4.74 Å². The summed E-state index contributed by atoms with van der Waals surface area (Å²) in [6.45, 7) is 4.33. The second-order valence-electron chi connectivity index (χ2n) is 1.71. The Labute approximate surface area is 66.5 Å². The molecular formula is C6H16N2O3. The highest BCUT2D eigenvalue weighted by Crippen LogP contribution is 1.85. The molecule has 0 radical (unpaired) electrons. The molecular weight excluding hydrogens is 148 g/mol. The van der Waals surface area contributed by atoms with Gasteiger partial charge in [0.15, 0.2) is 0 Å². The lowest BCUT2D eigenvalue weighted by atomic mass is 10.5. The van der Waals surface area contributed by atoms with Gasteiger partial charge >= 0.3 is 5.97 Å². The molecule has 5 nitrogen and oxygen atoms in total. The van der Waals surface area contributed by atoms with Crippen LogP contribution < -0.4 is 11.8 Å². The number of esters is 1. The monoisotopic (exact) mass is 164 g/mol. The summed E-state index contributed by atoms with van der Waals surface area (Å²) in [6, 6.07) is 0. The van der Waals surface area contributed by atoms with Gasteiger partial charge in [0.25, 0.3) is 0 Å². The minimum absolute atomic E-state index is 0.105. The van der Waals surface area contributed by atoms with E-state index in [1.54, 1.807) is 6.92 Å². The molecule has 0 aromatic rings. The summed E-state index contributed by atoms with van der Waals surface area (Å²) in [7, 11) is 0. The van der Waals surface area contributed by atoms with Crippen LogP contribution in [0.25, 0.3) is 0 Å². The van der Waals surface area contributed by atoms with Gasteiger partial charge in [-0.15, -0.1) is 0 Å². The molecule has 0 fully saturated rings. The average molecular weight is 164 g/mol. The molecule has 0 aliphatic carbocycles. The normalized spacial score (nSPS) is 8.00. The molecule has 0 rings (SSSR count). The Bertz CT molecular complexity index is 87.9. The summed E-state index contributed by atoms with van der Waals surface area (Å²) in [5.41, 5.74) is 0. The number of hydrogen-bond donors (Lipinski definition) is 2. The van der Waals surface area contributed by atoms with Crippen molar-refractivity contribution in [2.75, 3.05) is 6.61 Å². The maximum Gasteiger partial charge on any atom is 0.305 e. The van der Waals surface area contributed by atoms with Crippen LogP contribution >= 0.6 is 0 Å². The number of carbonyl (C=O) groups excluding carboxylic acids is 1. The van der Waals surface area contributed by atoms with Gasteiger partial charge in [-0.25, -0.2) is 4.94 Å². The zero-order chi connectivity index (χ0) is 9.11. The predicted octanol–water partition coefficient (Wildman–Crippen LogP) is 0.100. The lowest BCUT2D eigenvalue weighted by molar-refractivity contribution is -0.143. The van der Waals surface area contributed by atoms with E-state index in [1.165, 1.54) is 0 Å². The molecule has 0 spiro atoms. The number of ether oxygens (including phenoxy) is 1. The quantitative estimate of drug-likeness (QED) is 0.456. The Morgan fingerprint density at radius 3 is 2.09 bits per heavy atom. The van der Waals surface area contributed by atoms with E-state index < -0.39 is 0 Å². The summed E-state index contributed by atoms with van der Waals surface area (Å²) in [5.74, 6) is 8.15. The summed E-state index contributed by atoms with van der Waals surface area (Å²) in [6.07, 6.45) is 1.39. The van der Waals surface area contributed by atoms with Gasteiger partial charge in [-0.2, -0.15) is 11.8 Å². The summed E-state index contributed by atoms with van der Waals surface area (Å²) in [4.78, 5) is 13.6. The lowest BCUT2D eigenvalue weighted by Crippen LogP contribution is -2.03. The van der Waals surface area contributed by atoms with Gasteiger partial charge in [0.2, 0.25) is 0 Å². The van der Waals surface area contributed by atoms with E-state index >= 15 is 0 Å². The molecule has 4 N–H and O–H groups in total. The SMILES string of the molecule is CCCOC(=O)CC.NON. The Kier molecular flexibility index (Phi) is 14.2. The van der Waals surface area contributed by atoms with Gasteiger partial charge in [0.1, 0.15) is 0 Å². The average Bonchev–Trinajstić information content (AvgIpc) is 2.02. The third-order valence-corrected chi connectivity index (χ3v) is 0.756. The highest BCUT2D eigenvalue weighted by molar-refractivity contribution is 5.68. The Balaban J connectivity index is 0. The third kappa shape index (κ3) is 17.6. The van der Waals surface area contributed by atoms with Crippen LogP contribution in [0.5, 0.6) is 0 Å². The first-order valence-corrected chi connectivity index (χ1v) is 3.44. The zero-order valence-electron chi connectivity index (χ0n) is 7.00. The van der Waals surface area contributed by atoms with Crippen LogP contribution in [-0.4, -0.2) is 12.6 Å². The molecule has 0 atom stereocenters. The minimum Gasteiger partial charge on any atom is -0.466 e. The van der Waals surface area contributed by atoms with Gasteiger partial charge in [0, 0.05) is 6.42 Å². The fraction of sp³-hybridized carbons (Fsp3) is 0.833. The number of hydrogen-bond acceptors (Lipinski definition) is 5. The molecule has 11 heavy (non-hydrogen) atoms. The van der Waals surface area contributed by atoms with Crippen molar-refractivity contribution in [1.82, 2.24) is 0 Å². The van der Waals surface area contributed by atoms with E-state index in [0.717, 1.165) is 6.42 Å². The molecule has 0 amide bonds. The van der Waals surface area contributed by atoms with Gasteiger partial charge in [-0.3, -0.25) is 4.79 Å². The molecule has 0 unspecified atom stereocenters. The first-order chi connectivity index (χ1) is 5.22. The molecule has 0 saturated carbocycles. The van der Waals surface area contributed by atoms with Crippen LogP contribution in [0.4, 0.5) is 0 Å². The molecule has 5 heteroatoms. The van der Waals surface area contributed by atoms with Gasteiger partial charge in [-0.1, -0.05) is 13.8 Å². The van der Waals surface area contributed by atoms with E-state index in [0.29, 0.717) is 13.0 Å².